The number of fused-ring (bicyclic) bond motifs is 1. The fraction of sp³-hybridized carbons (Fsp3) is 0.423. The third kappa shape index (κ3) is 8.85. The van der Waals surface area contributed by atoms with Crippen molar-refractivity contribution in [3.63, 3.8) is 0 Å². The summed E-state index contributed by atoms with van der Waals surface area (Å²) in [5, 5.41) is 6.70. The first-order valence-electron chi connectivity index (χ1n) is 11.6. The molecule has 1 fully saturated rings. The third-order valence-electron chi connectivity index (χ3n) is 5.92. The first-order valence-corrected chi connectivity index (χ1v) is 11.6. The minimum absolute atomic E-state index is 0. The van der Waals surface area contributed by atoms with Crippen molar-refractivity contribution in [2.45, 2.75) is 51.2 Å². The molecule has 10 heteroatoms. The Morgan fingerprint density at radius 3 is 2.61 bits per heavy atom. The molecular weight excluding hydrogens is 593 g/mol. The van der Waals surface area contributed by atoms with Gasteiger partial charge in [0.25, 0.3) is 0 Å². The van der Waals surface area contributed by atoms with Crippen LogP contribution in [0.5, 0.6) is 0 Å². The molecule has 1 saturated carbocycles. The molecule has 1 amide bonds. The summed E-state index contributed by atoms with van der Waals surface area (Å²) >= 11 is 0. The van der Waals surface area contributed by atoms with Crippen molar-refractivity contribution in [1.29, 1.82) is 0 Å². The van der Waals surface area contributed by atoms with E-state index in [0.29, 0.717) is 48.9 Å². The summed E-state index contributed by atoms with van der Waals surface area (Å²) in [6, 6.07) is 6.39. The van der Waals surface area contributed by atoms with Crippen molar-refractivity contribution in [3.8, 4) is 0 Å². The van der Waals surface area contributed by atoms with Crippen LogP contribution in [0, 0.1) is 13.0 Å². The molecule has 0 bridgehead atoms. The van der Waals surface area contributed by atoms with Gasteiger partial charge in [-0.15, -0.1) is 0 Å². The van der Waals surface area contributed by atoms with Crippen LogP contribution in [-0.2, 0) is 11.2 Å². The molecule has 190 valence electrons. The van der Waals surface area contributed by atoms with E-state index in [2.05, 4.69) is 29.2 Å². The first kappa shape index (κ1) is 31.3. The number of anilines is 1. The van der Waals surface area contributed by atoms with Crippen molar-refractivity contribution >= 4 is 27.9 Å². The van der Waals surface area contributed by atoms with Crippen LogP contribution in [0.15, 0.2) is 42.9 Å². The first-order chi connectivity index (χ1) is 16.5. The van der Waals surface area contributed by atoms with Crippen LogP contribution >= 0.6 is 0 Å². The summed E-state index contributed by atoms with van der Waals surface area (Å²) < 4.78 is 54.3. The van der Waals surface area contributed by atoms with Crippen molar-refractivity contribution in [3.05, 3.63) is 61.3 Å². The van der Waals surface area contributed by atoms with Gasteiger partial charge in [0, 0.05) is 46.2 Å². The van der Waals surface area contributed by atoms with Gasteiger partial charge in [-0.1, -0.05) is 18.7 Å². The van der Waals surface area contributed by atoms with Crippen LogP contribution in [0.2, 0.25) is 0 Å². The predicted octanol–water partition coefficient (Wildman–Crippen LogP) is 3.00. The number of halogens is 4. The number of nitrogens with one attached hydrogen (secondary N) is 2. The number of hydrogen-bond donors (Lipinski definition) is 2. The summed E-state index contributed by atoms with van der Waals surface area (Å²) in [6.07, 6.45) is -1.22. The van der Waals surface area contributed by atoms with E-state index in [-0.39, 0.29) is 104 Å². The Balaban J connectivity index is 0.00000456. The monoisotopic (exact) mass is 624 g/mol. The van der Waals surface area contributed by atoms with Crippen LogP contribution in [0.1, 0.15) is 44.0 Å². The second-order valence-corrected chi connectivity index (χ2v) is 9.15. The number of pyridine rings is 1. The molecule has 0 saturated heterocycles. The SMILES string of the molecule is C=C(c1nc(CCC(C)NC(=O)C2CC2)cc2c(N/C(=C\F)CCN([CH2-])C)cccc12)C(F)(F)F.[Cs+]. The predicted molar refractivity (Wildman–Crippen MR) is 131 cm³/mol. The van der Waals surface area contributed by atoms with E-state index in [4.69, 9.17) is 0 Å². The van der Waals surface area contributed by atoms with E-state index in [1.165, 1.54) is 0 Å². The Labute approximate surface area is 268 Å². The van der Waals surface area contributed by atoms with E-state index in [9.17, 15) is 22.4 Å². The zero-order valence-corrected chi connectivity index (χ0v) is 27.3. The van der Waals surface area contributed by atoms with Gasteiger partial charge in [0.15, 0.2) is 0 Å². The van der Waals surface area contributed by atoms with Gasteiger partial charge in [-0.05, 0) is 58.3 Å². The number of benzene rings is 1. The molecule has 3 rings (SSSR count). The standard InChI is InChI=1S/C26H31F4N4O.Cs/c1-16(31-25(35)18-9-10-18)8-11-19-14-22-21(24(33-19)17(2)26(28,29)30)6-5-7-23(22)32-20(15-27)12-13-34(3)4;/h5-7,14-16,18,32H,2-3,8-13H2,1,4H3,(H,31,35);/q-1;+1/b20-15-;. The summed E-state index contributed by atoms with van der Waals surface area (Å²) in [6.45, 7) is 5.61. The topological polar surface area (TPSA) is 57.3 Å². The van der Waals surface area contributed by atoms with Crippen LogP contribution < -0.4 is 79.5 Å². The molecule has 0 radical (unpaired) electrons. The Morgan fingerprint density at radius 1 is 1.33 bits per heavy atom. The molecule has 1 aliphatic carbocycles. The van der Waals surface area contributed by atoms with E-state index in [0.717, 1.165) is 12.8 Å². The normalized spacial score (nSPS) is 14.9. The number of carbonyl (C=O) groups excluding carboxylic acids is 1. The number of carbonyl (C=O) groups is 1. The molecule has 1 heterocycles. The summed E-state index contributed by atoms with van der Waals surface area (Å²) in [5.74, 6) is 0.0904. The second-order valence-electron chi connectivity index (χ2n) is 9.15. The van der Waals surface area contributed by atoms with Gasteiger partial charge in [0.2, 0.25) is 5.91 Å². The minimum atomic E-state index is -4.66. The number of alkyl halides is 3. The number of aryl methyl sites for hydroxylation is 1. The minimum Gasteiger partial charge on any atom is -0.461 e. The number of amides is 1. The largest absolute Gasteiger partial charge is 1.00 e. The Morgan fingerprint density at radius 2 is 2.03 bits per heavy atom. The van der Waals surface area contributed by atoms with Gasteiger partial charge in [0.05, 0.1) is 11.3 Å². The zero-order chi connectivity index (χ0) is 25.8. The number of rotatable bonds is 11. The summed E-state index contributed by atoms with van der Waals surface area (Å²) in [7, 11) is 5.50. The van der Waals surface area contributed by atoms with Crippen LogP contribution in [0.4, 0.5) is 23.2 Å². The Kier molecular flexibility index (Phi) is 12.0. The number of aromatic nitrogens is 1. The molecule has 0 spiro atoms. The molecule has 1 aromatic carbocycles. The van der Waals surface area contributed by atoms with E-state index < -0.39 is 11.7 Å². The van der Waals surface area contributed by atoms with E-state index in [1.807, 2.05) is 6.92 Å². The molecule has 1 unspecified atom stereocenters. The molecule has 36 heavy (non-hydrogen) atoms. The van der Waals surface area contributed by atoms with E-state index in [1.54, 1.807) is 36.2 Å². The average molecular weight is 624 g/mol. The van der Waals surface area contributed by atoms with Crippen LogP contribution in [0.3, 0.4) is 0 Å². The van der Waals surface area contributed by atoms with Gasteiger partial charge >= 0.3 is 75.1 Å². The fourth-order valence-corrected chi connectivity index (χ4v) is 3.70. The molecular formula is C26H31CsF4N4O. The van der Waals surface area contributed by atoms with Crippen molar-refractivity contribution in [1.82, 2.24) is 15.2 Å². The maximum absolute atomic E-state index is 13.6. The number of allylic oxidation sites excluding steroid dienone is 1. The molecule has 1 aromatic heterocycles. The van der Waals surface area contributed by atoms with E-state index >= 15 is 0 Å². The fourth-order valence-electron chi connectivity index (χ4n) is 3.70. The second kappa shape index (κ2) is 13.8. The Bertz CT molecular complexity index is 1110. The number of nitrogens with zero attached hydrogens (tertiary/aromatic N) is 2. The van der Waals surface area contributed by atoms with Crippen molar-refractivity contribution in [2.75, 3.05) is 18.9 Å². The quantitative estimate of drug-likeness (QED) is 0.299. The summed E-state index contributed by atoms with van der Waals surface area (Å²) in [5.41, 5.74) is -0.127. The summed E-state index contributed by atoms with van der Waals surface area (Å²) in [4.78, 5) is 18.0. The van der Waals surface area contributed by atoms with Crippen LogP contribution in [0.25, 0.3) is 16.3 Å². The van der Waals surface area contributed by atoms with Gasteiger partial charge in [-0.25, -0.2) is 4.39 Å². The van der Waals surface area contributed by atoms with Crippen LogP contribution in [-0.4, -0.2) is 41.6 Å². The van der Waals surface area contributed by atoms with Crippen molar-refractivity contribution < 1.29 is 91.2 Å². The Hall–Kier alpha value is -0.888. The maximum atomic E-state index is 13.6. The molecule has 2 N–H and O–H groups in total. The maximum Gasteiger partial charge on any atom is 1.00 e. The van der Waals surface area contributed by atoms with Gasteiger partial charge in [0.1, 0.15) is 6.33 Å². The third-order valence-corrected chi connectivity index (χ3v) is 5.92. The van der Waals surface area contributed by atoms with Crippen molar-refractivity contribution in [2.24, 2.45) is 5.92 Å². The average Bonchev–Trinajstić information content (AvgIpc) is 3.64. The number of hydrogen-bond acceptors (Lipinski definition) is 4. The zero-order valence-electron chi connectivity index (χ0n) is 21.0. The van der Waals surface area contributed by atoms with Gasteiger partial charge < -0.3 is 15.5 Å². The van der Waals surface area contributed by atoms with Gasteiger partial charge in [-0.2, -0.15) is 13.2 Å². The molecule has 5 nitrogen and oxygen atoms in total. The molecule has 0 aliphatic heterocycles. The molecule has 1 atom stereocenters. The smallest absolute Gasteiger partial charge is 0.461 e. The molecule has 1 aliphatic rings. The van der Waals surface area contributed by atoms with Gasteiger partial charge in [-0.3, -0.25) is 16.8 Å². The molecule has 2 aromatic rings.